The normalized spacial score (nSPS) is 28.1. The zero-order valence-corrected chi connectivity index (χ0v) is 6.56. The number of hydrogen-bond donors (Lipinski definition) is 0. The molecule has 0 heteroatoms. The zero-order valence-electron chi connectivity index (χ0n) is 6.56. The lowest BCUT2D eigenvalue weighted by Crippen LogP contribution is -1.82. The van der Waals surface area contributed by atoms with Gasteiger partial charge in [-0.1, -0.05) is 36.0 Å². The van der Waals surface area contributed by atoms with E-state index in [1.165, 1.54) is 11.1 Å². The largest absolute Gasteiger partial charge is 0.0958 e. The van der Waals surface area contributed by atoms with Crippen molar-refractivity contribution in [2.75, 3.05) is 0 Å². The minimum absolute atomic E-state index is 1.10. The monoisotopic (exact) mass is 134 g/mol. The maximum absolute atomic E-state index is 3.92. The minimum atomic E-state index is 1.10. The lowest BCUT2D eigenvalue weighted by atomic mass is 10.0. The first kappa shape index (κ1) is 7.33. The van der Waals surface area contributed by atoms with Crippen LogP contribution in [-0.4, -0.2) is 0 Å². The van der Waals surface area contributed by atoms with Crippen LogP contribution in [0.2, 0.25) is 0 Å². The van der Waals surface area contributed by atoms with Crippen LogP contribution >= 0.6 is 0 Å². The van der Waals surface area contributed by atoms with Crippen LogP contribution in [-0.2, 0) is 0 Å². The highest BCUT2D eigenvalue weighted by molar-refractivity contribution is 5.20. The Kier molecular flexibility index (Phi) is 2.49. The van der Waals surface area contributed by atoms with Gasteiger partial charge in [0.05, 0.1) is 0 Å². The third-order valence-corrected chi connectivity index (χ3v) is 1.75. The van der Waals surface area contributed by atoms with Gasteiger partial charge in [0.25, 0.3) is 0 Å². The van der Waals surface area contributed by atoms with Crippen LogP contribution in [0, 0.1) is 0 Å². The van der Waals surface area contributed by atoms with E-state index in [4.69, 9.17) is 0 Å². The van der Waals surface area contributed by atoms with Gasteiger partial charge < -0.3 is 0 Å². The van der Waals surface area contributed by atoms with Crippen LogP contribution in [0.4, 0.5) is 0 Å². The van der Waals surface area contributed by atoms with Crippen molar-refractivity contribution in [3.05, 3.63) is 36.0 Å². The van der Waals surface area contributed by atoms with E-state index in [0.717, 1.165) is 19.3 Å². The summed E-state index contributed by atoms with van der Waals surface area (Å²) in [5, 5.41) is 0. The number of hydrogen-bond acceptors (Lipinski definition) is 0. The summed E-state index contributed by atoms with van der Waals surface area (Å²) in [6, 6.07) is 0. The van der Waals surface area contributed by atoms with Crippen LogP contribution in [0.25, 0.3) is 0 Å². The molecule has 0 bridgehead atoms. The van der Waals surface area contributed by atoms with E-state index in [9.17, 15) is 0 Å². The van der Waals surface area contributed by atoms with Crippen LogP contribution in [0.3, 0.4) is 0 Å². The van der Waals surface area contributed by atoms with Crippen LogP contribution in [0.5, 0.6) is 0 Å². The molecular weight excluding hydrogens is 120 g/mol. The topological polar surface area (TPSA) is 0 Å². The third-order valence-electron chi connectivity index (χ3n) is 1.75. The Hall–Kier alpha value is -0.780. The fourth-order valence-electron chi connectivity index (χ4n) is 1.08. The van der Waals surface area contributed by atoms with Crippen molar-refractivity contribution in [1.29, 1.82) is 0 Å². The minimum Gasteiger partial charge on any atom is -0.0958 e. The SMILES string of the molecule is C=C1/C=C\C/C(C)=C\CC1. The zero-order chi connectivity index (χ0) is 7.40. The van der Waals surface area contributed by atoms with Crippen LogP contribution in [0.1, 0.15) is 26.2 Å². The molecule has 0 aromatic heterocycles. The van der Waals surface area contributed by atoms with Gasteiger partial charge in [-0.3, -0.25) is 0 Å². The molecule has 1 aliphatic rings. The highest BCUT2D eigenvalue weighted by Gasteiger charge is 1.93. The summed E-state index contributed by atoms with van der Waals surface area (Å²) in [7, 11) is 0. The molecule has 0 spiro atoms. The highest BCUT2D eigenvalue weighted by atomic mass is 14.0. The van der Waals surface area contributed by atoms with E-state index in [1.54, 1.807) is 0 Å². The first-order valence-electron chi connectivity index (χ1n) is 3.79. The number of allylic oxidation sites excluding steroid dienone is 5. The summed E-state index contributed by atoms with van der Waals surface area (Å²) in [4.78, 5) is 0. The smallest absolute Gasteiger partial charge is 0.0138 e. The molecule has 54 valence electrons. The van der Waals surface area contributed by atoms with Crippen molar-refractivity contribution in [2.24, 2.45) is 0 Å². The highest BCUT2D eigenvalue weighted by Crippen LogP contribution is 2.13. The summed E-state index contributed by atoms with van der Waals surface area (Å²) >= 11 is 0. The predicted molar refractivity (Wildman–Crippen MR) is 45.9 cm³/mol. The summed E-state index contributed by atoms with van der Waals surface area (Å²) in [5.74, 6) is 0. The molecule has 0 aliphatic heterocycles. The average molecular weight is 134 g/mol. The van der Waals surface area contributed by atoms with Crippen LogP contribution in [0.15, 0.2) is 36.0 Å². The van der Waals surface area contributed by atoms with Crippen molar-refractivity contribution in [3.8, 4) is 0 Å². The molecule has 10 heavy (non-hydrogen) atoms. The van der Waals surface area contributed by atoms with Gasteiger partial charge >= 0.3 is 0 Å². The van der Waals surface area contributed by atoms with Crippen LogP contribution < -0.4 is 0 Å². The molecule has 0 heterocycles. The second-order valence-electron chi connectivity index (χ2n) is 2.85. The molecule has 1 aliphatic carbocycles. The van der Waals surface area contributed by atoms with E-state index < -0.39 is 0 Å². The number of rotatable bonds is 0. The Morgan fingerprint density at radius 3 is 3.10 bits per heavy atom. The molecule has 0 nitrogen and oxygen atoms in total. The fourth-order valence-corrected chi connectivity index (χ4v) is 1.08. The Morgan fingerprint density at radius 1 is 1.50 bits per heavy atom. The van der Waals surface area contributed by atoms with Gasteiger partial charge in [0.2, 0.25) is 0 Å². The summed E-state index contributed by atoms with van der Waals surface area (Å²) < 4.78 is 0. The molecule has 0 atom stereocenters. The summed E-state index contributed by atoms with van der Waals surface area (Å²) in [6.45, 7) is 6.10. The Balaban J connectivity index is 2.58. The molecule has 0 saturated carbocycles. The Bertz CT molecular complexity index is 182. The van der Waals surface area contributed by atoms with Crippen molar-refractivity contribution in [3.63, 3.8) is 0 Å². The summed E-state index contributed by atoms with van der Waals surface area (Å²) in [6.07, 6.45) is 10.0. The molecule has 0 radical (unpaired) electrons. The molecular formula is C10H14. The van der Waals surface area contributed by atoms with Gasteiger partial charge in [0.15, 0.2) is 0 Å². The van der Waals surface area contributed by atoms with Gasteiger partial charge in [-0.2, -0.15) is 0 Å². The van der Waals surface area contributed by atoms with Gasteiger partial charge in [-0.15, -0.1) is 0 Å². The molecule has 0 unspecified atom stereocenters. The lowest BCUT2D eigenvalue weighted by Gasteiger charge is -2.02. The van der Waals surface area contributed by atoms with E-state index in [-0.39, 0.29) is 0 Å². The van der Waals surface area contributed by atoms with Gasteiger partial charge in [0, 0.05) is 0 Å². The lowest BCUT2D eigenvalue weighted by molar-refractivity contribution is 0.973. The van der Waals surface area contributed by atoms with Gasteiger partial charge in [-0.05, 0) is 26.2 Å². The third kappa shape index (κ3) is 2.22. The molecule has 0 saturated heterocycles. The molecule has 0 aromatic carbocycles. The molecule has 0 fully saturated rings. The quantitative estimate of drug-likeness (QED) is 0.446. The van der Waals surface area contributed by atoms with Crippen molar-refractivity contribution in [1.82, 2.24) is 0 Å². The predicted octanol–water partition coefficient (Wildman–Crippen LogP) is 3.23. The molecule has 1 rings (SSSR count). The van der Waals surface area contributed by atoms with Crippen molar-refractivity contribution < 1.29 is 0 Å². The Morgan fingerprint density at radius 2 is 2.30 bits per heavy atom. The molecule has 0 N–H and O–H groups in total. The second-order valence-corrected chi connectivity index (χ2v) is 2.85. The van der Waals surface area contributed by atoms with Gasteiger partial charge in [0.1, 0.15) is 0 Å². The summed E-state index contributed by atoms with van der Waals surface area (Å²) in [5.41, 5.74) is 2.73. The van der Waals surface area contributed by atoms with Crippen molar-refractivity contribution >= 4 is 0 Å². The first-order valence-corrected chi connectivity index (χ1v) is 3.79. The maximum atomic E-state index is 3.92. The van der Waals surface area contributed by atoms with E-state index >= 15 is 0 Å². The Labute approximate surface area is 62.9 Å². The van der Waals surface area contributed by atoms with Gasteiger partial charge in [-0.25, -0.2) is 0 Å². The standard InChI is InChI=1S/C10H14/c1-9-5-3-7-10(2)8-4-6-9/h3,5,8H,1,4,6-7H2,2H3/b5-3-,10-8-. The van der Waals surface area contributed by atoms with E-state index in [2.05, 4.69) is 31.7 Å². The van der Waals surface area contributed by atoms with Crippen molar-refractivity contribution in [2.45, 2.75) is 26.2 Å². The maximum Gasteiger partial charge on any atom is -0.0138 e. The molecule has 0 amide bonds. The molecule has 0 aromatic rings. The average Bonchev–Trinajstić information content (AvgIpc) is 1.84. The first-order chi connectivity index (χ1) is 4.79. The fraction of sp³-hybridized carbons (Fsp3) is 0.400. The van der Waals surface area contributed by atoms with E-state index in [0.29, 0.717) is 0 Å². The second kappa shape index (κ2) is 3.40. The van der Waals surface area contributed by atoms with E-state index in [1.807, 2.05) is 0 Å².